The zero-order chi connectivity index (χ0) is 20.5. The van der Waals surface area contributed by atoms with Crippen molar-refractivity contribution >= 4 is 38.9 Å². The molecule has 0 radical (unpaired) electrons. The van der Waals surface area contributed by atoms with Gasteiger partial charge in [-0.1, -0.05) is 29.8 Å². The molecule has 0 saturated carbocycles. The Morgan fingerprint density at radius 1 is 1.21 bits per heavy atom. The average Bonchev–Trinajstić information content (AvgIpc) is 2.63. The van der Waals surface area contributed by atoms with Crippen LogP contribution in [0, 0.1) is 6.92 Å². The number of nitrogens with zero attached hydrogens (tertiary/aromatic N) is 1. The fourth-order valence-electron chi connectivity index (χ4n) is 3.27. The molecule has 1 aliphatic heterocycles. The molecule has 1 aliphatic rings. The zero-order valence-electron chi connectivity index (χ0n) is 16.1. The van der Waals surface area contributed by atoms with Crippen LogP contribution in [0.1, 0.15) is 23.6 Å². The van der Waals surface area contributed by atoms with Crippen LogP contribution in [0.3, 0.4) is 0 Å². The summed E-state index contributed by atoms with van der Waals surface area (Å²) < 4.78 is 25.1. The molecule has 1 unspecified atom stereocenters. The van der Waals surface area contributed by atoms with Crippen molar-refractivity contribution < 1.29 is 13.2 Å². The largest absolute Gasteiger partial charge is 0.374 e. The molecule has 0 fully saturated rings. The normalized spacial score (nSPS) is 15.6. The maximum atomic E-state index is 12.6. The van der Waals surface area contributed by atoms with E-state index in [-0.39, 0.29) is 5.91 Å². The molecule has 2 aromatic rings. The highest BCUT2D eigenvalue weighted by Crippen LogP contribution is 2.28. The van der Waals surface area contributed by atoms with E-state index in [4.69, 9.17) is 11.6 Å². The smallest absolute Gasteiger partial charge is 0.246 e. The summed E-state index contributed by atoms with van der Waals surface area (Å²) in [4.78, 5) is 12.6. The van der Waals surface area contributed by atoms with Gasteiger partial charge in [0.25, 0.3) is 0 Å². The lowest BCUT2D eigenvalue weighted by atomic mass is 9.98. The van der Waals surface area contributed by atoms with Gasteiger partial charge in [-0.2, -0.15) is 4.31 Å². The minimum absolute atomic E-state index is 0.170. The zero-order valence-corrected chi connectivity index (χ0v) is 17.7. The minimum atomic E-state index is -3.22. The standard InChI is InChI=1S/C20H24ClN3O3S/c1-13-7-8-16(21)11-19(13)23-20(25)14(2)22-18-6-4-5-15-12-24(28(3,26)27)10-9-17(15)18/h4-8,11,14,22H,9-10,12H2,1-3H3,(H,23,25). The number of carbonyl (C=O) groups excluding carboxylic acids is 1. The number of rotatable bonds is 5. The van der Waals surface area contributed by atoms with Crippen molar-refractivity contribution in [2.45, 2.75) is 32.9 Å². The predicted molar refractivity (Wildman–Crippen MR) is 113 cm³/mol. The topological polar surface area (TPSA) is 78.5 Å². The third kappa shape index (κ3) is 4.66. The van der Waals surface area contributed by atoms with E-state index in [2.05, 4.69) is 10.6 Å². The van der Waals surface area contributed by atoms with Crippen molar-refractivity contribution in [3.05, 3.63) is 58.1 Å². The maximum Gasteiger partial charge on any atom is 0.246 e. The lowest BCUT2D eigenvalue weighted by Gasteiger charge is -2.29. The second kappa shape index (κ2) is 8.11. The van der Waals surface area contributed by atoms with Crippen molar-refractivity contribution in [1.82, 2.24) is 4.31 Å². The lowest BCUT2D eigenvalue weighted by Crippen LogP contribution is -2.36. The van der Waals surface area contributed by atoms with Crippen LogP contribution < -0.4 is 10.6 Å². The van der Waals surface area contributed by atoms with Crippen LogP contribution in [0.25, 0.3) is 0 Å². The number of hydrogen-bond donors (Lipinski definition) is 2. The van der Waals surface area contributed by atoms with E-state index < -0.39 is 16.1 Å². The van der Waals surface area contributed by atoms with Crippen molar-refractivity contribution in [1.29, 1.82) is 0 Å². The van der Waals surface area contributed by atoms with Crippen LogP contribution in [0.5, 0.6) is 0 Å². The van der Waals surface area contributed by atoms with E-state index in [0.717, 1.165) is 22.4 Å². The fourth-order valence-corrected chi connectivity index (χ4v) is 4.24. The average molecular weight is 422 g/mol. The predicted octanol–water partition coefficient (Wildman–Crippen LogP) is 3.41. The van der Waals surface area contributed by atoms with Crippen LogP contribution in [0.15, 0.2) is 36.4 Å². The number of aryl methyl sites for hydroxylation is 1. The number of amides is 1. The second-order valence-corrected chi connectivity index (χ2v) is 9.52. The van der Waals surface area contributed by atoms with Gasteiger partial charge in [0, 0.05) is 29.5 Å². The van der Waals surface area contributed by atoms with Crippen LogP contribution >= 0.6 is 11.6 Å². The summed E-state index contributed by atoms with van der Waals surface area (Å²) in [6.45, 7) is 4.49. The Hall–Kier alpha value is -2.09. The number of sulfonamides is 1. The first-order chi connectivity index (χ1) is 13.1. The van der Waals surface area contributed by atoms with E-state index >= 15 is 0 Å². The molecule has 8 heteroatoms. The number of carbonyl (C=O) groups is 1. The molecule has 0 spiro atoms. The summed E-state index contributed by atoms with van der Waals surface area (Å²) >= 11 is 6.02. The molecule has 1 atom stereocenters. The number of benzene rings is 2. The van der Waals surface area contributed by atoms with Gasteiger partial charge in [-0.15, -0.1) is 0 Å². The Morgan fingerprint density at radius 2 is 1.96 bits per heavy atom. The van der Waals surface area contributed by atoms with Gasteiger partial charge in [0.2, 0.25) is 15.9 Å². The molecule has 6 nitrogen and oxygen atoms in total. The van der Waals surface area contributed by atoms with Gasteiger partial charge in [-0.3, -0.25) is 4.79 Å². The summed E-state index contributed by atoms with van der Waals surface area (Å²) in [5, 5.41) is 6.73. The molecule has 0 bridgehead atoms. The monoisotopic (exact) mass is 421 g/mol. The highest BCUT2D eigenvalue weighted by atomic mass is 35.5. The Labute approximate surface area is 170 Å². The van der Waals surface area contributed by atoms with Crippen molar-refractivity contribution in [3.63, 3.8) is 0 Å². The van der Waals surface area contributed by atoms with Gasteiger partial charge >= 0.3 is 0 Å². The molecular formula is C20H24ClN3O3S. The van der Waals surface area contributed by atoms with Gasteiger partial charge in [-0.05, 0) is 55.2 Å². The van der Waals surface area contributed by atoms with Gasteiger partial charge in [0.05, 0.1) is 6.26 Å². The maximum absolute atomic E-state index is 12.6. The Balaban J connectivity index is 1.74. The third-order valence-electron chi connectivity index (χ3n) is 4.92. The van der Waals surface area contributed by atoms with Crippen molar-refractivity contribution in [2.24, 2.45) is 0 Å². The first-order valence-electron chi connectivity index (χ1n) is 9.04. The van der Waals surface area contributed by atoms with Gasteiger partial charge in [-0.25, -0.2) is 8.42 Å². The summed E-state index contributed by atoms with van der Waals surface area (Å²) in [7, 11) is -3.22. The van der Waals surface area contributed by atoms with E-state index in [1.54, 1.807) is 19.1 Å². The molecule has 2 aromatic carbocycles. The van der Waals surface area contributed by atoms with Crippen molar-refractivity contribution in [3.8, 4) is 0 Å². The number of hydrogen-bond acceptors (Lipinski definition) is 4. The number of anilines is 2. The first-order valence-corrected chi connectivity index (χ1v) is 11.3. The molecule has 150 valence electrons. The van der Waals surface area contributed by atoms with Crippen LogP contribution in [0.4, 0.5) is 11.4 Å². The van der Waals surface area contributed by atoms with Gasteiger partial charge in [0.15, 0.2) is 0 Å². The van der Waals surface area contributed by atoms with Gasteiger partial charge < -0.3 is 10.6 Å². The molecule has 28 heavy (non-hydrogen) atoms. The molecular weight excluding hydrogens is 398 g/mol. The highest BCUT2D eigenvalue weighted by Gasteiger charge is 2.25. The minimum Gasteiger partial charge on any atom is -0.374 e. The number of halogens is 1. The van der Waals surface area contributed by atoms with Crippen molar-refractivity contribution in [2.75, 3.05) is 23.4 Å². The summed E-state index contributed by atoms with van der Waals surface area (Å²) in [6, 6.07) is 10.6. The Bertz CT molecular complexity index is 1010. The van der Waals surface area contributed by atoms with E-state index in [0.29, 0.717) is 30.2 Å². The summed E-state index contributed by atoms with van der Waals surface area (Å²) in [5.74, 6) is -0.170. The molecule has 3 rings (SSSR count). The molecule has 1 amide bonds. The SMILES string of the molecule is Cc1ccc(Cl)cc1NC(=O)C(C)Nc1cccc2c1CCN(S(C)(=O)=O)C2. The van der Waals surface area contributed by atoms with Crippen LogP contribution in [-0.4, -0.2) is 37.5 Å². The Kier molecular flexibility index (Phi) is 5.98. The highest BCUT2D eigenvalue weighted by molar-refractivity contribution is 7.88. The lowest BCUT2D eigenvalue weighted by molar-refractivity contribution is -0.116. The summed E-state index contributed by atoms with van der Waals surface area (Å²) in [6.07, 6.45) is 1.83. The molecule has 0 aliphatic carbocycles. The molecule has 0 saturated heterocycles. The van der Waals surface area contributed by atoms with E-state index in [1.165, 1.54) is 10.6 Å². The molecule has 2 N–H and O–H groups in total. The second-order valence-electron chi connectivity index (χ2n) is 7.10. The molecule has 0 aromatic heterocycles. The van der Waals surface area contributed by atoms with E-state index in [9.17, 15) is 13.2 Å². The van der Waals surface area contributed by atoms with Gasteiger partial charge in [0.1, 0.15) is 6.04 Å². The van der Waals surface area contributed by atoms with Crippen LogP contribution in [-0.2, 0) is 27.8 Å². The first kappa shape index (κ1) is 20.6. The third-order valence-corrected chi connectivity index (χ3v) is 6.41. The Morgan fingerprint density at radius 3 is 2.68 bits per heavy atom. The fraction of sp³-hybridized carbons (Fsp3) is 0.350. The summed E-state index contributed by atoms with van der Waals surface area (Å²) in [5.41, 5.74) is 4.49. The molecule has 1 heterocycles. The van der Waals surface area contributed by atoms with E-state index in [1.807, 2.05) is 31.2 Å². The number of fused-ring (bicyclic) bond motifs is 1. The quantitative estimate of drug-likeness (QED) is 0.775. The van der Waals surface area contributed by atoms with Crippen LogP contribution in [0.2, 0.25) is 5.02 Å². The number of nitrogens with one attached hydrogen (secondary N) is 2.